The number of hydrogen-bond acceptors (Lipinski definition) is 4. The minimum Gasteiger partial charge on any atom is -0.496 e. The maximum atomic E-state index is 13.0. The normalized spacial score (nSPS) is 19.7. The van der Waals surface area contributed by atoms with E-state index in [1.165, 1.54) is 4.90 Å². The van der Waals surface area contributed by atoms with E-state index in [9.17, 15) is 9.59 Å². The Labute approximate surface area is 153 Å². The number of carbonyl (C=O) groups is 2. The van der Waals surface area contributed by atoms with Gasteiger partial charge in [0.25, 0.3) is 0 Å². The van der Waals surface area contributed by atoms with Crippen molar-refractivity contribution in [1.82, 2.24) is 0 Å². The van der Waals surface area contributed by atoms with Gasteiger partial charge in [-0.25, -0.2) is 0 Å². The first-order valence-electron chi connectivity index (χ1n) is 8.79. The first kappa shape index (κ1) is 18.0. The Morgan fingerprint density at radius 2 is 1.69 bits per heavy atom. The van der Waals surface area contributed by atoms with E-state index in [0.29, 0.717) is 24.5 Å². The maximum Gasteiger partial charge on any atom is 0.238 e. The molecule has 5 heteroatoms. The lowest BCUT2D eigenvalue weighted by Gasteiger charge is -2.16. The highest BCUT2D eigenvalue weighted by atomic mass is 16.5. The highest BCUT2D eigenvalue weighted by Crippen LogP contribution is 2.35. The van der Waals surface area contributed by atoms with E-state index in [0.717, 1.165) is 11.3 Å². The summed E-state index contributed by atoms with van der Waals surface area (Å²) >= 11 is 0. The summed E-state index contributed by atoms with van der Waals surface area (Å²) in [5, 5.41) is 0. The summed E-state index contributed by atoms with van der Waals surface area (Å²) in [4.78, 5) is 27.0. The lowest BCUT2D eigenvalue weighted by Crippen LogP contribution is -2.31. The quantitative estimate of drug-likeness (QED) is 0.746. The van der Waals surface area contributed by atoms with Crippen molar-refractivity contribution >= 4 is 17.5 Å². The SMILES string of the molecule is CCOc1ccc(N2C(=O)[C@@H](C)[C@H](Cc3ccccc3OC)C2=O)cc1. The molecule has 2 aromatic rings. The van der Waals surface area contributed by atoms with Crippen LogP contribution in [0.3, 0.4) is 0 Å². The van der Waals surface area contributed by atoms with Crippen molar-refractivity contribution in [3.63, 3.8) is 0 Å². The van der Waals surface area contributed by atoms with Crippen LogP contribution in [0.15, 0.2) is 48.5 Å². The van der Waals surface area contributed by atoms with Crippen LogP contribution in [-0.4, -0.2) is 25.5 Å². The van der Waals surface area contributed by atoms with Crippen LogP contribution in [0.2, 0.25) is 0 Å². The van der Waals surface area contributed by atoms with Crippen LogP contribution in [0.5, 0.6) is 11.5 Å². The molecule has 1 aliphatic rings. The fourth-order valence-electron chi connectivity index (χ4n) is 3.35. The number of benzene rings is 2. The van der Waals surface area contributed by atoms with Crippen LogP contribution in [0.25, 0.3) is 0 Å². The maximum absolute atomic E-state index is 13.0. The molecule has 3 rings (SSSR count). The van der Waals surface area contributed by atoms with E-state index < -0.39 is 5.92 Å². The molecule has 0 N–H and O–H groups in total. The molecule has 136 valence electrons. The van der Waals surface area contributed by atoms with Gasteiger partial charge in [-0.1, -0.05) is 25.1 Å². The molecule has 1 heterocycles. The van der Waals surface area contributed by atoms with Gasteiger partial charge in [0.1, 0.15) is 11.5 Å². The molecule has 0 bridgehead atoms. The Balaban J connectivity index is 1.84. The van der Waals surface area contributed by atoms with Gasteiger partial charge in [-0.05, 0) is 49.2 Å². The molecular weight excluding hydrogens is 330 g/mol. The molecule has 1 aliphatic heterocycles. The predicted octanol–water partition coefficient (Wildman–Crippen LogP) is 3.46. The predicted molar refractivity (Wildman–Crippen MR) is 99.5 cm³/mol. The topological polar surface area (TPSA) is 55.8 Å². The third kappa shape index (κ3) is 3.29. The summed E-state index contributed by atoms with van der Waals surface area (Å²) in [5.74, 6) is 0.342. The lowest BCUT2D eigenvalue weighted by atomic mass is 9.90. The molecule has 2 aromatic carbocycles. The number of ether oxygens (including phenoxy) is 2. The first-order chi connectivity index (χ1) is 12.6. The zero-order valence-corrected chi connectivity index (χ0v) is 15.3. The molecule has 2 atom stereocenters. The van der Waals surface area contributed by atoms with Crippen LogP contribution in [0, 0.1) is 11.8 Å². The number of rotatable bonds is 6. The van der Waals surface area contributed by atoms with Gasteiger partial charge in [0, 0.05) is 5.92 Å². The number of amides is 2. The molecule has 0 spiro atoms. The smallest absolute Gasteiger partial charge is 0.238 e. The van der Waals surface area contributed by atoms with Crippen molar-refractivity contribution < 1.29 is 19.1 Å². The number of para-hydroxylation sites is 1. The number of carbonyl (C=O) groups excluding carboxylic acids is 2. The van der Waals surface area contributed by atoms with E-state index >= 15 is 0 Å². The molecule has 2 amide bonds. The highest BCUT2D eigenvalue weighted by molar-refractivity contribution is 6.22. The van der Waals surface area contributed by atoms with Crippen LogP contribution >= 0.6 is 0 Å². The second kappa shape index (κ2) is 7.60. The van der Waals surface area contributed by atoms with E-state index in [1.807, 2.05) is 38.1 Å². The first-order valence-corrected chi connectivity index (χ1v) is 8.79. The second-order valence-corrected chi connectivity index (χ2v) is 6.35. The minimum atomic E-state index is -0.398. The van der Waals surface area contributed by atoms with Gasteiger partial charge >= 0.3 is 0 Å². The highest BCUT2D eigenvalue weighted by Gasteiger charge is 2.45. The number of hydrogen-bond donors (Lipinski definition) is 0. The van der Waals surface area contributed by atoms with E-state index in [2.05, 4.69) is 0 Å². The lowest BCUT2D eigenvalue weighted by molar-refractivity contribution is -0.122. The van der Waals surface area contributed by atoms with E-state index in [-0.39, 0.29) is 17.7 Å². The Hall–Kier alpha value is -2.82. The van der Waals surface area contributed by atoms with Gasteiger partial charge in [-0.3, -0.25) is 14.5 Å². The molecule has 0 radical (unpaired) electrons. The molecular formula is C21H23NO4. The van der Waals surface area contributed by atoms with Crippen molar-refractivity contribution in [2.24, 2.45) is 11.8 Å². The zero-order chi connectivity index (χ0) is 18.7. The summed E-state index contributed by atoms with van der Waals surface area (Å²) < 4.78 is 10.8. The molecule has 0 unspecified atom stereocenters. The molecule has 5 nitrogen and oxygen atoms in total. The molecule has 0 aliphatic carbocycles. The Morgan fingerprint density at radius 3 is 2.35 bits per heavy atom. The Kier molecular flexibility index (Phi) is 5.26. The van der Waals surface area contributed by atoms with E-state index in [4.69, 9.17) is 9.47 Å². The van der Waals surface area contributed by atoms with Crippen LogP contribution in [0.4, 0.5) is 5.69 Å². The largest absolute Gasteiger partial charge is 0.496 e. The Morgan fingerprint density at radius 1 is 1.00 bits per heavy atom. The average Bonchev–Trinajstić information content (AvgIpc) is 2.87. The van der Waals surface area contributed by atoms with Crippen molar-refractivity contribution in [3.8, 4) is 11.5 Å². The molecule has 0 aromatic heterocycles. The summed E-state index contributed by atoms with van der Waals surface area (Å²) in [5.41, 5.74) is 1.51. The van der Waals surface area contributed by atoms with Gasteiger partial charge in [-0.15, -0.1) is 0 Å². The summed E-state index contributed by atoms with van der Waals surface area (Å²) in [6.45, 7) is 4.29. The van der Waals surface area contributed by atoms with Gasteiger partial charge in [0.2, 0.25) is 11.8 Å². The van der Waals surface area contributed by atoms with Crippen molar-refractivity contribution in [1.29, 1.82) is 0 Å². The number of methoxy groups -OCH3 is 1. The molecule has 1 saturated heterocycles. The van der Waals surface area contributed by atoms with Crippen LogP contribution in [-0.2, 0) is 16.0 Å². The molecule has 1 fully saturated rings. The van der Waals surface area contributed by atoms with Crippen molar-refractivity contribution in [2.75, 3.05) is 18.6 Å². The fourth-order valence-corrected chi connectivity index (χ4v) is 3.35. The average molecular weight is 353 g/mol. The van der Waals surface area contributed by atoms with Crippen molar-refractivity contribution in [2.45, 2.75) is 20.3 Å². The van der Waals surface area contributed by atoms with Gasteiger partial charge < -0.3 is 9.47 Å². The van der Waals surface area contributed by atoms with Gasteiger partial charge in [0.15, 0.2) is 0 Å². The third-order valence-corrected chi connectivity index (χ3v) is 4.79. The number of nitrogens with zero attached hydrogens (tertiary/aromatic N) is 1. The van der Waals surface area contributed by atoms with E-state index in [1.54, 1.807) is 31.4 Å². The standard InChI is InChI=1S/C21H23NO4/c1-4-26-17-11-9-16(10-12-17)22-20(23)14(2)18(21(22)24)13-15-7-5-6-8-19(15)25-3/h5-12,14,18H,4,13H2,1-3H3/t14-,18-/m0/s1. The molecule has 0 saturated carbocycles. The van der Waals surface area contributed by atoms with Crippen LogP contribution < -0.4 is 14.4 Å². The minimum absolute atomic E-state index is 0.168. The van der Waals surface area contributed by atoms with Crippen molar-refractivity contribution in [3.05, 3.63) is 54.1 Å². The summed E-state index contributed by atoms with van der Waals surface area (Å²) in [7, 11) is 1.61. The van der Waals surface area contributed by atoms with Crippen LogP contribution in [0.1, 0.15) is 19.4 Å². The summed E-state index contributed by atoms with van der Waals surface area (Å²) in [6, 6.07) is 14.6. The second-order valence-electron chi connectivity index (χ2n) is 6.35. The number of imide groups is 1. The number of anilines is 1. The fraction of sp³-hybridized carbons (Fsp3) is 0.333. The zero-order valence-electron chi connectivity index (χ0n) is 15.3. The summed E-state index contributed by atoms with van der Waals surface area (Å²) in [6.07, 6.45) is 0.475. The monoisotopic (exact) mass is 353 g/mol. The van der Waals surface area contributed by atoms with Gasteiger partial charge in [-0.2, -0.15) is 0 Å². The third-order valence-electron chi connectivity index (χ3n) is 4.79. The Bertz CT molecular complexity index is 800. The molecule has 26 heavy (non-hydrogen) atoms. The van der Waals surface area contributed by atoms with Gasteiger partial charge in [0.05, 0.1) is 25.3 Å².